The topological polar surface area (TPSA) is 84.9 Å². The largest absolute Gasteiger partial charge is 0.352 e. The molecule has 25 heavy (non-hydrogen) atoms. The number of aryl methyl sites for hydroxylation is 2. The molecule has 0 saturated heterocycles. The minimum absolute atomic E-state index is 0.301. The molecule has 0 spiro atoms. The monoisotopic (exact) mass is 344 g/mol. The van der Waals surface area contributed by atoms with Crippen LogP contribution in [0, 0.1) is 12.8 Å². The molecule has 2 aromatic rings. The van der Waals surface area contributed by atoms with E-state index in [-0.39, 0.29) is 0 Å². The van der Waals surface area contributed by atoms with Crippen LogP contribution in [-0.2, 0) is 26.1 Å². The molecule has 2 N–H and O–H groups in total. The van der Waals surface area contributed by atoms with Gasteiger partial charge in [0.05, 0.1) is 13.1 Å². The van der Waals surface area contributed by atoms with E-state index in [2.05, 4.69) is 49.1 Å². The summed E-state index contributed by atoms with van der Waals surface area (Å²) in [5.41, 5.74) is 0. The molecule has 1 aliphatic heterocycles. The minimum atomic E-state index is 0.301. The fraction of sp³-hybridized carbons (Fsp3) is 0.647. The smallest absolute Gasteiger partial charge is 0.191 e. The highest BCUT2D eigenvalue weighted by Crippen LogP contribution is 2.12. The first kappa shape index (κ1) is 17.4. The summed E-state index contributed by atoms with van der Waals surface area (Å²) in [6, 6.07) is 0.301. The molecule has 0 fully saturated rings. The van der Waals surface area contributed by atoms with Gasteiger partial charge in [0.2, 0.25) is 0 Å². The number of aromatic nitrogens is 5. The van der Waals surface area contributed by atoms with E-state index in [0.29, 0.717) is 18.5 Å². The summed E-state index contributed by atoms with van der Waals surface area (Å²) in [5.74, 6) is 4.33. The van der Waals surface area contributed by atoms with Gasteiger partial charge >= 0.3 is 0 Å². The van der Waals surface area contributed by atoms with Crippen molar-refractivity contribution in [3.8, 4) is 0 Å². The number of imidazole rings is 1. The Balaban J connectivity index is 1.55. The standard InChI is InChI=1S/C17H28N8/c1-12(2)10-24-8-7-19-16(24)9-20-17(18-4)22-14-5-6-15-21-13(3)23-25(15)11-14/h7-8,12,14H,5-6,9-11H2,1-4H3,(H2,18,20,22). The summed E-state index contributed by atoms with van der Waals surface area (Å²) in [7, 11) is 1.80. The van der Waals surface area contributed by atoms with Gasteiger partial charge in [0, 0.05) is 38.4 Å². The molecule has 1 aliphatic rings. The zero-order chi connectivity index (χ0) is 17.8. The van der Waals surface area contributed by atoms with E-state index < -0.39 is 0 Å². The van der Waals surface area contributed by atoms with E-state index in [1.54, 1.807) is 7.05 Å². The summed E-state index contributed by atoms with van der Waals surface area (Å²) < 4.78 is 4.19. The molecule has 0 bridgehead atoms. The van der Waals surface area contributed by atoms with Gasteiger partial charge in [-0.2, -0.15) is 5.10 Å². The quantitative estimate of drug-likeness (QED) is 0.627. The van der Waals surface area contributed by atoms with Gasteiger partial charge in [0.1, 0.15) is 17.5 Å². The van der Waals surface area contributed by atoms with Gasteiger partial charge < -0.3 is 15.2 Å². The molecule has 3 rings (SSSR count). The van der Waals surface area contributed by atoms with E-state index in [1.807, 2.05) is 24.0 Å². The molecule has 0 amide bonds. The molecule has 0 saturated carbocycles. The lowest BCUT2D eigenvalue weighted by Crippen LogP contribution is -2.47. The molecule has 0 aliphatic carbocycles. The van der Waals surface area contributed by atoms with Crippen molar-refractivity contribution in [3.05, 3.63) is 29.9 Å². The predicted octanol–water partition coefficient (Wildman–Crippen LogP) is 1.12. The number of hydrogen-bond acceptors (Lipinski definition) is 4. The lowest BCUT2D eigenvalue weighted by atomic mass is 10.1. The highest BCUT2D eigenvalue weighted by molar-refractivity contribution is 5.79. The van der Waals surface area contributed by atoms with Crippen LogP contribution >= 0.6 is 0 Å². The predicted molar refractivity (Wildman–Crippen MR) is 97.3 cm³/mol. The van der Waals surface area contributed by atoms with Crippen molar-refractivity contribution >= 4 is 5.96 Å². The van der Waals surface area contributed by atoms with Crippen LogP contribution in [0.25, 0.3) is 0 Å². The van der Waals surface area contributed by atoms with Crippen LogP contribution in [0.4, 0.5) is 0 Å². The maximum absolute atomic E-state index is 4.46. The second-order valence-electron chi connectivity index (χ2n) is 6.95. The Morgan fingerprint density at radius 1 is 1.44 bits per heavy atom. The van der Waals surface area contributed by atoms with Crippen LogP contribution in [-0.4, -0.2) is 43.4 Å². The van der Waals surface area contributed by atoms with Crippen LogP contribution in [0.2, 0.25) is 0 Å². The molecular formula is C17H28N8. The van der Waals surface area contributed by atoms with E-state index in [0.717, 1.165) is 49.4 Å². The first-order valence-electron chi connectivity index (χ1n) is 8.92. The number of guanidine groups is 1. The molecule has 8 nitrogen and oxygen atoms in total. The van der Waals surface area contributed by atoms with Gasteiger partial charge in [-0.15, -0.1) is 0 Å². The normalized spacial score (nSPS) is 17.6. The van der Waals surface area contributed by atoms with Crippen LogP contribution in [0.5, 0.6) is 0 Å². The SMILES string of the molecule is CN=C(NCc1nccn1CC(C)C)NC1CCc2nc(C)nn2C1. The van der Waals surface area contributed by atoms with E-state index in [4.69, 9.17) is 0 Å². The zero-order valence-electron chi connectivity index (χ0n) is 15.5. The van der Waals surface area contributed by atoms with Gasteiger partial charge in [-0.25, -0.2) is 14.6 Å². The van der Waals surface area contributed by atoms with E-state index in [1.165, 1.54) is 0 Å². The zero-order valence-corrected chi connectivity index (χ0v) is 15.5. The maximum Gasteiger partial charge on any atom is 0.191 e. The fourth-order valence-electron chi connectivity index (χ4n) is 3.17. The second kappa shape index (κ2) is 7.67. The van der Waals surface area contributed by atoms with Gasteiger partial charge in [0.15, 0.2) is 5.96 Å². The minimum Gasteiger partial charge on any atom is -0.352 e. The molecular weight excluding hydrogens is 316 g/mol. The summed E-state index contributed by atoms with van der Waals surface area (Å²) in [5, 5.41) is 11.3. The van der Waals surface area contributed by atoms with E-state index >= 15 is 0 Å². The summed E-state index contributed by atoms with van der Waals surface area (Å²) in [6.07, 6.45) is 5.85. The van der Waals surface area contributed by atoms with Crippen molar-refractivity contribution in [2.45, 2.75) is 59.3 Å². The summed E-state index contributed by atoms with van der Waals surface area (Å²) in [6.45, 7) is 8.80. The second-order valence-corrected chi connectivity index (χ2v) is 6.95. The highest BCUT2D eigenvalue weighted by Gasteiger charge is 2.21. The molecule has 1 unspecified atom stereocenters. The Morgan fingerprint density at radius 2 is 2.28 bits per heavy atom. The van der Waals surface area contributed by atoms with Crippen molar-refractivity contribution in [1.82, 2.24) is 34.9 Å². The number of fused-ring (bicyclic) bond motifs is 1. The highest BCUT2D eigenvalue weighted by atomic mass is 15.4. The molecule has 8 heteroatoms. The number of rotatable bonds is 5. The lowest BCUT2D eigenvalue weighted by Gasteiger charge is -2.25. The third-order valence-electron chi connectivity index (χ3n) is 4.31. The summed E-state index contributed by atoms with van der Waals surface area (Å²) >= 11 is 0. The number of aliphatic imine (C=N–C) groups is 1. The van der Waals surface area contributed by atoms with Crippen molar-refractivity contribution in [3.63, 3.8) is 0 Å². The maximum atomic E-state index is 4.46. The summed E-state index contributed by atoms with van der Waals surface area (Å²) in [4.78, 5) is 13.3. The Morgan fingerprint density at radius 3 is 3.04 bits per heavy atom. The first-order chi connectivity index (χ1) is 12.0. The van der Waals surface area contributed by atoms with Crippen LogP contribution in [0.15, 0.2) is 17.4 Å². The van der Waals surface area contributed by atoms with Crippen LogP contribution in [0.3, 0.4) is 0 Å². The number of nitrogens with one attached hydrogen (secondary N) is 2. The van der Waals surface area contributed by atoms with Crippen molar-refractivity contribution in [2.75, 3.05) is 7.05 Å². The Labute approximate surface area is 148 Å². The number of nitrogens with zero attached hydrogens (tertiary/aromatic N) is 6. The third kappa shape index (κ3) is 4.37. The average molecular weight is 344 g/mol. The molecule has 3 heterocycles. The van der Waals surface area contributed by atoms with Gasteiger partial charge in [0.25, 0.3) is 0 Å². The molecule has 0 radical (unpaired) electrons. The van der Waals surface area contributed by atoms with Crippen molar-refractivity contribution in [1.29, 1.82) is 0 Å². The van der Waals surface area contributed by atoms with Crippen LogP contribution in [0.1, 0.15) is 37.7 Å². The fourth-order valence-corrected chi connectivity index (χ4v) is 3.17. The lowest BCUT2D eigenvalue weighted by molar-refractivity contribution is 0.392. The Bertz CT molecular complexity index is 727. The van der Waals surface area contributed by atoms with Gasteiger partial charge in [-0.3, -0.25) is 4.99 Å². The molecule has 2 aromatic heterocycles. The van der Waals surface area contributed by atoms with Crippen molar-refractivity contribution < 1.29 is 0 Å². The van der Waals surface area contributed by atoms with Crippen molar-refractivity contribution in [2.24, 2.45) is 10.9 Å². The van der Waals surface area contributed by atoms with Gasteiger partial charge in [-0.1, -0.05) is 13.8 Å². The Hall–Kier alpha value is -2.38. The number of hydrogen-bond donors (Lipinski definition) is 2. The molecule has 1 atom stereocenters. The third-order valence-corrected chi connectivity index (χ3v) is 4.31. The van der Waals surface area contributed by atoms with E-state index in [9.17, 15) is 0 Å². The Kier molecular flexibility index (Phi) is 5.35. The first-order valence-corrected chi connectivity index (χ1v) is 8.92. The van der Waals surface area contributed by atoms with Gasteiger partial charge in [-0.05, 0) is 19.3 Å². The average Bonchev–Trinajstić information content (AvgIpc) is 3.15. The molecule has 0 aromatic carbocycles. The van der Waals surface area contributed by atoms with Crippen LogP contribution < -0.4 is 10.6 Å². The molecule has 136 valence electrons.